The fourth-order valence-electron chi connectivity index (χ4n) is 5.96. The van der Waals surface area contributed by atoms with Crippen molar-refractivity contribution in [2.24, 2.45) is 0 Å². The molecule has 2 aliphatic heterocycles. The van der Waals surface area contributed by atoms with Crippen molar-refractivity contribution >= 4 is 37.6 Å². The number of benzene rings is 1. The Kier molecular flexibility index (Phi) is 10.3. The molecule has 1 saturated heterocycles. The molecule has 2 aromatic heterocycles. The molecule has 12 nitrogen and oxygen atoms in total. The summed E-state index contributed by atoms with van der Waals surface area (Å²) in [4.78, 5) is 39.1. The third-order valence-electron chi connectivity index (χ3n) is 9.71. The van der Waals surface area contributed by atoms with Crippen LogP contribution >= 0.6 is 0 Å². The Bertz CT molecular complexity index is 1840. The van der Waals surface area contributed by atoms with E-state index < -0.39 is 38.4 Å². The van der Waals surface area contributed by atoms with Gasteiger partial charge >= 0.3 is 6.09 Å². The summed E-state index contributed by atoms with van der Waals surface area (Å²) >= 11 is 0. The highest BCUT2D eigenvalue weighted by molar-refractivity contribution is 6.74. The van der Waals surface area contributed by atoms with Gasteiger partial charge in [-0.2, -0.15) is 10.4 Å². The van der Waals surface area contributed by atoms with E-state index in [4.69, 9.17) is 14.1 Å². The molecule has 1 aromatic carbocycles. The summed E-state index contributed by atoms with van der Waals surface area (Å²) in [6.45, 7) is 19.3. The van der Waals surface area contributed by atoms with Gasteiger partial charge in [0, 0.05) is 49.6 Å². The average Bonchev–Trinajstić information content (AvgIpc) is 3.77. The van der Waals surface area contributed by atoms with Crippen molar-refractivity contribution in [3.63, 3.8) is 0 Å². The van der Waals surface area contributed by atoms with Gasteiger partial charge in [-0.1, -0.05) is 27.7 Å². The largest absolute Gasteiger partial charge is 0.564 e. The van der Waals surface area contributed by atoms with Crippen LogP contribution in [-0.4, -0.2) is 83.2 Å². The second kappa shape index (κ2) is 13.9. The van der Waals surface area contributed by atoms with Gasteiger partial charge in [0.05, 0.1) is 22.6 Å². The van der Waals surface area contributed by atoms with Gasteiger partial charge in [-0.25, -0.2) is 23.5 Å². The minimum absolute atomic E-state index is 0.00980. The predicted octanol–water partition coefficient (Wildman–Crippen LogP) is 7.49. The monoisotopic (exact) mass is 722 g/mol. The van der Waals surface area contributed by atoms with Gasteiger partial charge in [0.15, 0.2) is 5.69 Å². The Balaban J connectivity index is 1.54. The van der Waals surface area contributed by atoms with Crippen LogP contribution in [0.4, 0.5) is 30.9 Å². The predicted molar refractivity (Wildman–Crippen MR) is 193 cm³/mol. The second-order valence-corrected chi connectivity index (χ2v) is 20.9. The fraction of sp³-hybridized carbons (Fsp3) is 0.556. The lowest BCUT2D eigenvalue weighted by molar-refractivity contribution is 0.0574. The summed E-state index contributed by atoms with van der Waals surface area (Å²) in [7, 11) is -2.21. The molecule has 51 heavy (non-hydrogen) atoms. The van der Waals surface area contributed by atoms with E-state index in [9.17, 15) is 23.6 Å². The van der Waals surface area contributed by atoms with Gasteiger partial charge < -0.3 is 19.4 Å². The van der Waals surface area contributed by atoms with Gasteiger partial charge in [-0.15, -0.1) is 18.1 Å². The number of ether oxygens (including phenoxy) is 1. The Morgan fingerprint density at radius 2 is 1.82 bits per heavy atom. The highest BCUT2D eigenvalue weighted by Crippen LogP contribution is 2.47. The number of carbonyl (C=O) groups excluding carboxylic acids is 2. The van der Waals surface area contributed by atoms with Crippen LogP contribution in [0.2, 0.25) is 18.1 Å². The Morgan fingerprint density at radius 1 is 1.14 bits per heavy atom. The van der Waals surface area contributed by atoms with Gasteiger partial charge in [-0.3, -0.25) is 14.4 Å². The van der Waals surface area contributed by atoms with Crippen molar-refractivity contribution < 1.29 is 27.5 Å². The van der Waals surface area contributed by atoms with E-state index in [1.807, 2.05) is 13.0 Å². The summed E-state index contributed by atoms with van der Waals surface area (Å²) in [5.41, 5.74) is 1.33. The van der Waals surface area contributed by atoms with Crippen LogP contribution in [0, 0.1) is 11.3 Å². The molecule has 0 radical (unpaired) electrons. The van der Waals surface area contributed by atoms with Crippen molar-refractivity contribution in [1.82, 2.24) is 24.6 Å². The molecule has 0 bridgehead atoms. The zero-order valence-electron chi connectivity index (χ0n) is 30.9. The Labute approximate surface area is 299 Å². The number of carbonyl (C=O) groups is 2. The molecule has 2 amide bonds. The van der Waals surface area contributed by atoms with Crippen molar-refractivity contribution in [3.8, 4) is 17.3 Å². The van der Waals surface area contributed by atoms with E-state index >= 15 is 0 Å². The van der Waals surface area contributed by atoms with E-state index in [1.54, 1.807) is 37.8 Å². The zero-order chi connectivity index (χ0) is 37.5. The number of hydrogen-bond acceptors (Lipinski definition) is 9. The van der Waals surface area contributed by atoms with E-state index in [0.717, 1.165) is 23.1 Å². The summed E-state index contributed by atoms with van der Waals surface area (Å²) < 4.78 is 40.1. The third-order valence-corrected chi connectivity index (χ3v) is 14.2. The van der Waals surface area contributed by atoms with Crippen molar-refractivity contribution in [2.75, 3.05) is 36.5 Å². The maximum Gasteiger partial charge on any atom is 0.414 e. The fourth-order valence-corrected chi connectivity index (χ4v) is 7.07. The Morgan fingerprint density at radius 3 is 2.43 bits per heavy atom. The number of halogens is 2. The maximum atomic E-state index is 13.6. The van der Waals surface area contributed by atoms with Crippen LogP contribution in [0.1, 0.15) is 82.9 Å². The van der Waals surface area contributed by atoms with E-state index in [1.165, 1.54) is 17.3 Å². The van der Waals surface area contributed by atoms with Crippen LogP contribution in [0.3, 0.4) is 0 Å². The van der Waals surface area contributed by atoms with Crippen LogP contribution in [0.15, 0.2) is 30.6 Å². The number of alkyl halides is 2. The molecule has 0 saturated carbocycles. The number of anilines is 3. The lowest BCUT2D eigenvalue weighted by Gasteiger charge is -2.50. The van der Waals surface area contributed by atoms with E-state index in [-0.39, 0.29) is 40.4 Å². The van der Waals surface area contributed by atoms with Crippen molar-refractivity contribution in [2.45, 2.75) is 103 Å². The molecule has 15 heteroatoms. The molecule has 0 spiro atoms. The molecule has 3 aromatic rings. The van der Waals surface area contributed by atoms with Gasteiger partial charge in [0.1, 0.15) is 18.2 Å². The molecule has 1 fully saturated rings. The first-order valence-corrected chi connectivity index (χ1v) is 20.1. The summed E-state index contributed by atoms with van der Waals surface area (Å²) in [5.74, 6) is -0.247. The number of nitriles is 1. The minimum Gasteiger partial charge on any atom is -0.564 e. The molecule has 5 rings (SSSR count). The number of amides is 2. The van der Waals surface area contributed by atoms with Gasteiger partial charge in [0.2, 0.25) is 5.95 Å². The molecule has 0 unspecified atom stereocenters. The van der Waals surface area contributed by atoms with Crippen LogP contribution in [0.25, 0.3) is 11.3 Å². The van der Waals surface area contributed by atoms with Crippen molar-refractivity contribution in [1.29, 1.82) is 5.26 Å². The number of aromatic nitrogens is 4. The number of hydrogen-bond donors (Lipinski definition) is 1. The second-order valence-electron chi connectivity index (χ2n) is 16.1. The average molecular weight is 723 g/mol. The quantitative estimate of drug-likeness (QED) is 0.223. The molecule has 4 heterocycles. The third kappa shape index (κ3) is 8.23. The highest BCUT2D eigenvalue weighted by Gasteiger charge is 2.45. The molecular formula is C36H48F2N8O4Si-. The van der Waals surface area contributed by atoms with Crippen LogP contribution in [0.5, 0.6) is 0 Å². The first kappa shape index (κ1) is 37.8. The topological polar surface area (TPSA) is 138 Å². The minimum atomic E-state index is -2.66. The maximum absolute atomic E-state index is 13.6. The zero-order valence-corrected chi connectivity index (χ0v) is 31.9. The lowest BCUT2D eigenvalue weighted by Crippen LogP contribution is -2.46. The Hall–Kier alpha value is -4.42. The first-order valence-electron chi connectivity index (χ1n) is 17.2. The smallest absolute Gasteiger partial charge is 0.414 e. The number of nitrogens with zero attached hydrogens (tertiary/aromatic N) is 7. The number of rotatable bonds is 9. The van der Waals surface area contributed by atoms with Gasteiger partial charge in [0.25, 0.3) is 12.3 Å². The van der Waals surface area contributed by atoms with Crippen LogP contribution < -0.4 is 10.2 Å². The molecule has 1 atom stereocenters. The summed E-state index contributed by atoms with van der Waals surface area (Å²) in [5, 5.41) is 17.6. The molecule has 275 valence electrons. The molecular weight excluding hydrogens is 675 g/mol. The normalized spacial score (nSPS) is 17.9. The highest BCUT2D eigenvalue weighted by atomic mass is 28.4. The van der Waals surface area contributed by atoms with Crippen molar-refractivity contribution in [3.05, 3.63) is 47.4 Å². The van der Waals surface area contributed by atoms with E-state index in [0.29, 0.717) is 36.6 Å². The molecule has 1 N–H and O–H groups in total. The standard InChI is InChI=1S/C36H48F2N8O4Si/c1-34(2,3)50-33(48)46-21-36(7,22-49-51(8,9)35(4,5)6)25-17-23(16-24(18-39)30(25)46)26-12-13-40-32(41-26)42-27-19-45(20-28(37)38)43-29(27)31(47)44-14-10-11-15-44/h12-13,16-17,19,28H,10-11,14-15,20-22H2,1-9H3,(H,40,41,42)/q-1/t36-/m1/s1. The molecule has 0 aliphatic carbocycles. The number of nitrogens with one attached hydrogen (secondary N) is 1. The summed E-state index contributed by atoms with van der Waals surface area (Å²) in [6.07, 6.45) is 1.39. The van der Waals surface area contributed by atoms with Crippen LogP contribution in [-0.2, 0) is 21.1 Å². The van der Waals surface area contributed by atoms with E-state index in [2.05, 4.69) is 55.3 Å². The lowest BCUT2D eigenvalue weighted by atomic mass is 9.83. The number of fused-ring (bicyclic) bond motifs is 1. The SMILES string of the molecule is CC(C)(C)OC(=O)N1C[C@](C)(CO[Si-](C)(C)C(C)(C)C)c2cc(-c3ccnc(Nc4cn(CC(F)F)nc4C(=O)N4CCCC4)n3)cc(C#N)c21. The number of likely N-dealkylation sites (tertiary alicyclic amines) is 1. The van der Waals surface area contributed by atoms with Gasteiger partial charge in [-0.05, 0) is 65.7 Å². The summed E-state index contributed by atoms with van der Waals surface area (Å²) in [6, 6.07) is 7.57. The molecule has 2 aliphatic rings. The first-order chi connectivity index (χ1) is 23.7.